The van der Waals surface area contributed by atoms with Crippen LogP contribution < -0.4 is 15.2 Å². The number of sulfonamides is 1. The van der Waals surface area contributed by atoms with Crippen LogP contribution in [0.4, 0.5) is 5.69 Å². The first-order valence-electron chi connectivity index (χ1n) is 9.59. The molecule has 0 saturated carbocycles. The molecule has 0 amide bonds. The number of nitrogen functional groups attached to an aromatic ring is 1. The Morgan fingerprint density at radius 3 is 2.45 bits per heavy atom. The normalized spacial score (nSPS) is 12.2. The molecule has 0 spiro atoms. The fraction of sp³-hybridized carbons (Fsp3) is 0.174. The molecule has 0 fully saturated rings. The number of hydrogen-bond donors (Lipinski definition) is 2. The minimum atomic E-state index is -3.85. The van der Waals surface area contributed by atoms with Gasteiger partial charge < -0.3 is 15.2 Å². The number of rotatable bonds is 9. The van der Waals surface area contributed by atoms with Crippen molar-refractivity contribution in [3.8, 4) is 5.75 Å². The molecule has 1 unspecified atom stereocenters. The summed E-state index contributed by atoms with van der Waals surface area (Å²) in [4.78, 5) is 12.1. The van der Waals surface area contributed by atoms with Gasteiger partial charge in [0.2, 0.25) is 10.0 Å². The molecular formula is C23H24N2O5S. The van der Waals surface area contributed by atoms with Crippen LogP contribution in [0.25, 0.3) is 0 Å². The number of esters is 1. The van der Waals surface area contributed by atoms with Gasteiger partial charge in [-0.05, 0) is 47.5 Å². The van der Waals surface area contributed by atoms with Crippen LogP contribution in [0.2, 0.25) is 0 Å². The Morgan fingerprint density at radius 1 is 1.00 bits per heavy atom. The van der Waals surface area contributed by atoms with Crippen molar-refractivity contribution in [3.63, 3.8) is 0 Å². The number of nitrogens with two attached hydrogens (primary N) is 1. The van der Waals surface area contributed by atoms with Gasteiger partial charge in [-0.2, -0.15) is 0 Å². The number of hydrogen-bond acceptors (Lipinski definition) is 6. The smallest absolute Gasteiger partial charge is 0.307 e. The van der Waals surface area contributed by atoms with E-state index in [2.05, 4.69) is 4.72 Å². The van der Waals surface area contributed by atoms with Gasteiger partial charge in [0.15, 0.2) is 0 Å². The zero-order valence-electron chi connectivity index (χ0n) is 17.0. The van der Waals surface area contributed by atoms with Crippen molar-refractivity contribution in [1.82, 2.24) is 4.72 Å². The Morgan fingerprint density at radius 2 is 1.74 bits per heavy atom. The van der Waals surface area contributed by atoms with Gasteiger partial charge in [0.05, 0.1) is 24.5 Å². The highest BCUT2D eigenvalue weighted by atomic mass is 32.2. The van der Waals surface area contributed by atoms with Crippen LogP contribution in [0, 0.1) is 0 Å². The molecular weight excluding hydrogens is 416 g/mol. The van der Waals surface area contributed by atoms with Crippen LogP contribution >= 0.6 is 0 Å². The third-order valence-corrected chi connectivity index (χ3v) is 6.05. The van der Waals surface area contributed by atoms with Gasteiger partial charge in [-0.15, -0.1) is 0 Å². The van der Waals surface area contributed by atoms with E-state index in [9.17, 15) is 13.2 Å². The van der Waals surface area contributed by atoms with Gasteiger partial charge in [-0.1, -0.05) is 42.5 Å². The zero-order chi connectivity index (χ0) is 22.3. The van der Waals surface area contributed by atoms with Gasteiger partial charge in [-0.3, -0.25) is 4.79 Å². The lowest BCUT2D eigenvalue weighted by Gasteiger charge is -2.19. The van der Waals surface area contributed by atoms with E-state index in [1.165, 1.54) is 19.2 Å². The summed E-state index contributed by atoms with van der Waals surface area (Å²) in [6.45, 7) is 0.298. The highest BCUT2D eigenvalue weighted by Crippen LogP contribution is 2.25. The molecule has 0 aliphatic rings. The third kappa shape index (κ3) is 6.31. The van der Waals surface area contributed by atoms with E-state index < -0.39 is 22.0 Å². The van der Waals surface area contributed by atoms with Crippen molar-refractivity contribution in [2.24, 2.45) is 0 Å². The second-order valence-electron chi connectivity index (χ2n) is 6.87. The van der Waals surface area contributed by atoms with E-state index >= 15 is 0 Å². The van der Waals surface area contributed by atoms with Crippen LogP contribution in [0.1, 0.15) is 23.6 Å². The number of methoxy groups -OCH3 is 1. The molecule has 0 bridgehead atoms. The summed E-state index contributed by atoms with van der Waals surface area (Å²) in [5.74, 6) is 0.000503. The predicted octanol–water partition coefficient (Wildman–Crippen LogP) is 3.43. The highest BCUT2D eigenvalue weighted by Gasteiger charge is 2.24. The maximum absolute atomic E-state index is 12.8. The molecule has 7 nitrogen and oxygen atoms in total. The van der Waals surface area contributed by atoms with Gasteiger partial charge >= 0.3 is 5.97 Å². The molecule has 0 aliphatic heterocycles. The van der Waals surface area contributed by atoms with E-state index in [0.29, 0.717) is 23.6 Å². The fourth-order valence-electron chi connectivity index (χ4n) is 3.00. The van der Waals surface area contributed by atoms with Gasteiger partial charge in [-0.25, -0.2) is 13.1 Å². The fourth-order valence-corrected chi connectivity index (χ4v) is 4.25. The molecule has 0 radical (unpaired) electrons. The van der Waals surface area contributed by atoms with E-state index in [4.69, 9.17) is 15.2 Å². The summed E-state index contributed by atoms with van der Waals surface area (Å²) >= 11 is 0. The molecule has 0 aromatic heterocycles. The maximum Gasteiger partial charge on any atom is 0.307 e. The van der Waals surface area contributed by atoms with Gasteiger partial charge in [0.1, 0.15) is 12.4 Å². The summed E-state index contributed by atoms with van der Waals surface area (Å²) in [7, 11) is -2.59. The van der Waals surface area contributed by atoms with Gasteiger partial charge in [0, 0.05) is 5.69 Å². The summed E-state index contributed by atoms with van der Waals surface area (Å²) in [5, 5.41) is 0. The van der Waals surface area contributed by atoms with Crippen molar-refractivity contribution in [1.29, 1.82) is 0 Å². The SMILES string of the molecule is COC(=O)CC(NS(=O)(=O)c1ccccc1)c1cccc(OCc2cccc(N)c2)c1. The number of carbonyl (C=O) groups is 1. The third-order valence-electron chi connectivity index (χ3n) is 4.57. The summed E-state index contributed by atoms with van der Waals surface area (Å²) in [6, 6.07) is 21.4. The minimum absolute atomic E-state index is 0.110. The van der Waals surface area contributed by atoms with Crippen molar-refractivity contribution in [3.05, 3.63) is 90.0 Å². The van der Waals surface area contributed by atoms with Gasteiger partial charge in [0.25, 0.3) is 0 Å². The molecule has 3 aromatic rings. The topological polar surface area (TPSA) is 108 Å². The number of ether oxygens (including phenoxy) is 2. The van der Waals surface area contributed by atoms with Crippen LogP contribution in [-0.2, 0) is 26.2 Å². The minimum Gasteiger partial charge on any atom is -0.489 e. The second-order valence-corrected chi connectivity index (χ2v) is 8.59. The molecule has 0 aliphatic carbocycles. The average Bonchev–Trinajstić information content (AvgIpc) is 2.78. The lowest BCUT2D eigenvalue weighted by molar-refractivity contribution is -0.141. The van der Waals surface area contributed by atoms with E-state index in [-0.39, 0.29) is 11.3 Å². The van der Waals surface area contributed by atoms with Crippen LogP contribution in [-0.4, -0.2) is 21.5 Å². The van der Waals surface area contributed by atoms with Crippen molar-refractivity contribution in [2.45, 2.75) is 24.0 Å². The summed E-state index contributed by atoms with van der Waals surface area (Å²) in [6.07, 6.45) is -0.165. The average molecular weight is 441 g/mol. The molecule has 1 atom stereocenters. The molecule has 8 heteroatoms. The molecule has 3 aromatic carbocycles. The first-order valence-corrected chi connectivity index (χ1v) is 11.1. The lowest BCUT2D eigenvalue weighted by atomic mass is 10.0. The Labute approximate surface area is 181 Å². The van der Waals surface area contributed by atoms with E-state index in [1.807, 2.05) is 18.2 Å². The molecule has 31 heavy (non-hydrogen) atoms. The quantitative estimate of drug-likeness (QED) is 0.390. The maximum atomic E-state index is 12.8. The second kappa shape index (κ2) is 10.1. The Hall–Kier alpha value is -3.36. The van der Waals surface area contributed by atoms with Crippen molar-refractivity contribution in [2.75, 3.05) is 12.8 Å². The standard InChI is InChI=1S/C23H24N2O5S/c1-29-23(26)15-22(25-31(27,28)21-11-3-2-4-12-21)18-8-6-10-20(14-18)30-16-17-7-5-9-19(24)13-17/h2-14,22,25H,15-16,24H2,1H3. The first-order chi connectivity index (χ1) is 14.9. The van der Waals surface area contributed by atoms with Crippen LogP contribution in [0.5, 0.6) is 5.75 Å². The molecule has 3 rings (SSSR count). The Kier molecular flexibility index (Phi) is 7.28. The number of anilines is 1. The number of nitrogens with one attached hydrogen (secondary N) is 1. The summed E-state index contributed by atoms with van der Waals surface area (Å²) < 4.78 is 38.8. The molecule has 3 N–H and O–H groups in total. The highest BCUT2D eigenvalue weighted by molar-refractivity contribution is 7.89. The molecule has 162 valence electrons. The van der Waals surface area contributed by atoms with Crippen LogP contribution in [0.15, 0.2) is 83.8 Å². The first kappa shape index (κ1) is 22.3. The monoisotopic (exact) mass is 440 g/mol. The number of benzene rings is 3. The molecule has 0 heterocycles. The number of carbonyl (C=O) groups excluding carboxylic acids is 1. The molecule has 0 saturated heterocycles. The van der Waals surface area contributed by atoms with Crippen molar-refractivity contribution < 1.29 is 22.7 Å². The van der Waals surface area contributed by atoms with Crippen LogP contribution in [0.3, 0.4) is 0 Å². The Bertz CT molecular complexity index is 1130. The zero-order valence-corrected chi connectivity index (χ0v) is 17.8. The Balaban J connectivity index is 1.82. The van der Waals surface area contributed by atoms with E-state index in [0.717, 1.165) is 5.56 Å². The summed E-state index contributed by atoms with van der Waals surface area (Å²) in [5.41, 5.74) is 7.92. The van der Waals surface area contributed by atoms with Crippen molar-refractivity contribution >= 4 is 21.7 Å². The predicted molar refractivity (Wildman–Crippen MR) is 118 cm³/mol. The van der Waals surface area contributed by atoms with E-state index in [1.54, 1.807) is 48.5 Å². The largest absolute Gasteiger partial charge is 0.489 e. The lowest BCUT2D eigenvalue weighted by Crippen LogP contribution is -2.30.